The maximum atomic E-state index is 12.8. The highest BCUT2D eigenvalue weighted by atomic mass is 19.1. The van der Waals surface area contributed by atoms with E-state index in [1.54, 1.807) is 6.92 Å². The van der Waals surface area contributed by atoms with Crippen LogP contribution in [0.15, 0.2) is 24.3 Å². The van der Waals surface area contributed by atoms with E-state index in [9.17, 15) is 14.3 Å². The van der Waals surface area contributed by atoms with Gasteiger partial charge in [0.2, 0.25) is 5.91 Å². The fourth-order valence-corrected chi connectivity index (χ4v) is 1.61. The molecular formula is C15H22FNO3. The van der Waals surface area contributed by atoms with Crippen LogP contribution in [-0.2, 0) is 9.53 Å². The van der Waals surface area contributed by atoms with Crippen molar-refractivity contribution in [1.29, 1.82) is 0 Å². The standard InChI is InChI=1S/C15H22FNO3/c1-10(17-13(18)9-20-15(2,3)4)14(19)11-5-7-12(16)8-6-11/h5-8,10,14,19H,9H2,1-4H3,(H,17,18). The van der Waals surface area contributed by atoms with Gasteiger partial charge in [0.15, 0.2) is 0 Å². The average Bonchev–Trinajstić information content (AvgIpc) is 2.35. The van der Waals surface area contributed by atoms with Crippen LogP contribution in [0.5, 0.6) is 0 Å². The lowest BCUT2D eigenvalue weighted by molar-refractivity contribution is -0.131. The Hall–Kier alpha value is -1.46. The molecule has 4 nitrogen and oxygen atoms in total. The summed E-state index contributed by atoms with van der Waals surface area (Å²) in [4.78, 5) is 11.7. The molecule has 0 bridgehead atoms. The van der Waals surface area contributed by atoms with E-state index in [1.807, 2.05) is 20.8 Å². The van der Waals surface area contributed by atoms with Crippen molar-refractivity contribution >= 4 is 5.91 Å². The van der Waals surface area contributed by atoms with Gasteiger partial charge in [0.05, 0.1) is 17.7 Å². The van der Waals surface area contributed by atoms with Gasteiger partial charge in [0.1, 0.15) is 12.4 Å². The minimum atomic E-state index is -0.894. The lowest BCUT2D eigenvalue weighted by Gasteiger charge is -2.23. The van der Waals surface area contributed by atoms with Gasteiger partial charge in [-0.3, -0.25) is 4.79 Å². The number of amides is 1. The van der Waals surface area contributed by atoms with Crippen LogP contribution < -0.4 is 5.32 Å². The van der Waals surface area contributed by atoms with E-state index in [0.29, 0.717) is 5.56 Å². The van der Waals surface area contributed by atoms with Crippen LogP contribution in [0.25, 0.3) is 0 Å². The molecule has 0 saturated carbocycles. The zero-order chi connectivity index (χ0) is 15.3. The maximum absolute atomic E-state index is 12.8. The quantitative estimate of drug-likeness (QED) is 0.871. The molecule has 0 aliphatic heterocycles. The number of carbonyl (C=O) groups is 1. The molecular weight excluding hydrogens is 261 g/mol. The average molecular weight is 283 g/mol. The second-order valence-electron chi connectivity index (χ2n) is 5.75. The lowest BCUT2D eigenvalue weighted by Crippen LogP contribution is -2.40. The highest BCUT2D eigenvalue weighted by Crippen LogP contribution is 2.17. The van der Waals surface area contributed by atoms with E-state index >= 15 is 0 Å². The first-order valence-electron chi connectivity index (χ1n) is 6.56. The van der Waals surface area contributed by atoms with Gasteiger partial charge >= 0.3 is 0 Å². The Balaban J connectivity index is 2.51. The largest absolute Gasteiger partial charge is 0.386 e. The number of halogens is 1. The third kappa shape index (κ3) is 5.67. The molecule has 1 aromatic carbocycles. The van der Waals surface area contributed by atoms with E-state index in [0.717, 1.165) is 0 Å². The smallest absolute Gasteiger partial charge is 0.246 e. The molecule has 5 heteroatoms. The number of carbonyl (C=O) groups excluding carboxylic acids is 1. The second kappa shape index (κ2) is 6.81. The van der Waals surface area contributed by atoms with Crippen LogP contribution in [0.3, 0.4) is 0 Å². The van der Waals surface area contributed by atoms with Crippen LogP contribution in [0.4, 0.5) is 4.39 Å². The Morgan fingerprint density at radius 2 is 1.90 bits per heavy atom. The summed E-state index contributed by atoms with van der Waals surface area (Å²) in [5.41, 5.74) is 0.159. The van der Waals surface area contributed by atoms with Gasteiger partial charge in [-0.25, -0.2) is 4.39 Å². The van der Waals surface area contributed by atoms with Crippen molar-refractivity contribution in [3.05, 3.63) is 35.6 Å². The summed E-state index contributed by atoms with van der Waals surface area (Å²) in [6, 6.07) is 5.05. The van der Waals surface area contributed by atoms with Gasteiger partial charge in [-0.1, -0.05) is 12.1 Å². The third-order valence-electron chi connectivity index (χ3n) is 2.71. The molecule has 0 aliphatic rings. The summed E-state index contributed by atoms with van der Waals surface area (Å²) < 4.78 is 18.2. The van der Waals surface area contributed by atoms with Gasteiger partial charge in [-0.05, 0) is 45.4 Å². The predicted octanol–water partition coefficient (Wildman–Crippen LogP) is 2.18. The van der Waals surface area contributed by atoms with E-state index in [-0.39, 0.29) is 18.3 Å². The summed E-state index contributed by atoms with van der Waals surface area (Å²) >= 11 is 0. The number of aliphatic hydroxyl groups excluding tert-OH is 1. The predicted molar refractivity (Wildman–Crippen MR) is 74.7 cm³/mol. The van der Waals surface area contributed by atoms with E-state index in [2.05, 4.69) is 5.32 Å². The minimum Gasteiger partial charge on any atom is -0.386 e. The Morgan fingerprint density at radius 3 is 2.40 bits per heavy atom. The fraction of sp³-hybridized carbons (Fsp3) is 0.533. The molecule has 1 aromatic rings. The molecule has 20 heavy (non-hydrogen) atoms. The van der Waals surface area contributed by atoms with Crippen molar-refractivity contribution < 1.29 is 19.0 Å². The van der Waals surface area contributed by atoms with E-state index < -0.39 is 17.7 Å². The van der Waals surface area contributed by atoms with Gasteiger partial charge < -0.3 is 15.2 Å². The molecule has 0 heterocycles. The zero-order valence-corrected chi connectivity index (χ0v) is 12.3. The Labute approximate surface area is 119 Å². The first-order valence-corrected chi connectivity index (χ1v) is 6.56. The van der Waals surface area contributed by atoms with Crippen molar-refractivity contribution in [2.24, 2.45) is 0 Å². The molecule has 2 unspecified atom stereocenters. The van der Waals surface area contributed by atoms with E-state index in [4.69, 9.17) is 4.74 Å². The molecule has 1 rings (SSSR count). The number of benzene rings is 1. The molecule has 2 N–H and O–H groups in total. The van der Waals surface area contributed by atoms with Crippen molar-refractivity contribution in [3.63, 3.8) is 0 Å². The van der Waals surface area contributed by atoms with Gasteiger partial charge in [0.25, 0.3) is 0 Å². The number of rotatable bonds is 5. The second-order valence-corrected chi connectivity index (χ2v) is 5.75. The normalized spacial score (nSPS) is 14.7. The minimum absolute atomic E-state index is 0.0655. The molecule has 0 aliphatic carbocycles. The van der Waals surface area contributed by atoms with Gasteiger partial charge in [0, 0.05) is 0 Å². The highest BCUT2D eigenvalue weighted by molar-refractivity contribution is 5.77. The van der Waals surface area contributed by atoms with Gasteiger partial charge in [-0.15, -0.1) is 0 Å². The summed E-state index contributed by atoms with van der Waals surface area (Å²) in [5, 5.41) is 12.7. The van der Waals surface area contributed by atoms with Crippen LogP contribution in [0, 0.1) is 5.82 Å². The highest BCUT2D eigenvalue weighted by Gasteiger charge is 2.20. The van der Waals surface area contributed by atoms with Crippen LogP contribution in [0.1, 0.15) is 39.4 Å². The van der Waals surface area contributed by atoms with Crippen molar-refractivity contribution in [2.75, 3.05) is 6.61 Å². The topological polar surface area (TPSA) is 58.6 Å². The maximum Gasteiger partial charge on any atom is 0.246 e. The number of hydrogen-bond acceptors (Lipinski definition) is 3. The first-order chi connectivity index (χ1) is 9.19. The van der Waals surface area contributed by atoms with Crippen LogP contribution in [-0.4, -0.2) is 29.3 Å². The first kappa shape index (κ1) is 16.6. The summed E-state index contributed by atoms with van der Waals surface area (Å²) in [7, 11) is 0. The molecule has 0 saturated heterocycles. The summed E-state index contributed by atoms with van der Waals surface area (Å²) in [5.74, 6) is -0.662. The van der Waals surface area contributed by atoms with Crippen molar-refractivity contribution in [3.8, 4) is 0 Å². The third-order valence-corrected chi connectivity index (χ3v) is 2.71. The molecule has 0 fully saturated rings. The number of aliphatic hydroxyl groups is 1. The SMILES string of the molecule is CC(NC(=O)COC(C)(C)C)C(O)c1ccc(F)cc1. The Kier molecular flexibility index (Phi) is 5.65. The molecule has 112 valence electrons. The summed E-state index contributed by atoms with van der Waals surface area (Å²) in [6.45, 7) is 7.19. The van der Waals surface area contributed by atoms with Crippen LogP contribution in [0.2, 0.25) is 0 Å². The van der Waals surface area contributed by atoms with Gasteiger partial charge in [-0.2, -0.15) is 0 Å². The number of hydrogen-bond donors (Lipinski definition) is 2. The molecule has 0 aromatic heterocycles. The van der Waals surface area contributed by atoms with Crippen molar-refractivity contribution in [2.45, 2.75) is 45.4 Å². The summed E-state index contributed by atoms with van der Waals surface area (Å²) in [6.07, 6.45) is -0.894. The van der Waals surface area contributed by atoms with E-state index in [1.165, 1.54) is 24.3 Å². The monoisotopic (exact) mass is 283 g/mol. The number of nitrogens with one attached hydrogen (secondary N) is 1. The lowest BCUT2D eigenvalue weighted by atomic mass is 10.0. The fourth-order valence-electron chi connectivity index (χ4n) is 1.61. The molecule has 0 radical (unpaired) electrons. The number of ether oxygens (including phenoxy) is 1. The molecule has 0 spiro atoms. The Morgan fingerprint density at radius 1 is 1.35 bits per heavy atom. The van der Waals surface area contributed by atoms with Crippen molar-refractivity contribution in [1.82, 2.24) is 5.32 Å². The van der Waals surface area contributed by atoms with Crippen LogP contribution >= 0.6 is 0 Å². The Bertz CT molecular complexity index is 439. The molecule has 2 atom stereocenters. The molecule has 1 amide bonds. The zero-order valence-electron chi connectivity index (χ0n) is 12.3.